The lowest BCUT2D eigenvalue weighted by Gasteiger charge is -2.02. The zero-order chi connectivity index (χ0) is 10.8. The van der Waals surface area contributed by atoms with Crippen molar-refractivity contribution in [1.82, 2.24) is 14.7 Å². The van der Waals surface area contributed by atoms with Gasteiger partial charge in [-0.15, -0.1) is 0 Å². The summed E-state index contributed by atoms with van der Waals surface area (Å²) in [6.45, 7) is 2.77. The van der Waals surface area contributed by atoms with E-state index in [4.69, 9.17) is 4.74 Å². The maximum absolute atomic E-state index is 5.20. The van der Waals surface area contributed by atoms with Crippen molar-refractivity contribution in [3.8, 4) is 5.75 Å². The van der Waals surface area contributed by atoms with Gasteiger partial charge >= 0.3 is 0 Å². The molecule has 0 fully saturated rings. The van der Waals surface area contributed by atoms with Crippen LogP contribution in [0.25, 0.3) is 5.52 Å². The summed E-state index contributed by atoms with van der Waals surface area (Å²) >= 11 is 0. The van der Waals surface area contributed by atoms with Crippen molar-refractivity contribution in [3.63, 3.8) is 0 Å². The van der Waals surface area contributed by atoms with Gasteiger partial charge in [-0.05, 0) is 20.0 Å². The first-order chi connectivity index (χ1) is 7.26. The summed E-state index contributed by atoms with van der Waals surface area (Å²) in [6.07, 6.45) is 1.98. The van der Waals surface area contributed by atoms with Crippen LogP contribution in [-0.4, -0.2) is 23.5 Å². The third-order valence-electron chi connectivity index (χ3n) is 2.45. The highest BCUT2D eigenvalue weighted by atomic mass is 16.5. The highest BCUT2D eigenvalue weighted by Gasteiger charge is 2.07. The molecule has 0 aliphatic carbocycles. The van der Waals surface area contributed by atoms with E-state index in [-0.39, 0.29) is 0 Å². The summed E-state index contributed by atoms with van der Waals surface area (Å²) < 4.78 is 7.27. The molecule has 4 heteroatoms. The van der Waals surface area contributed by atoms with Gasteiger partial charge in [0.15, 0.2) is 0 Å². The molecule has 0 unspecified atom stereocenters. The molecule has 80 valence electrons. The monoisotopic (exact) mass is 205 g/mol. The summed E-state index contributed by atoms with van der Waals surface area (Å²) in [7, 11) is 3.59. The summed E-state index contributed by atoms with van der Waals surface area (Å²) in [6, 6.07) is 3.94. The molecule has 0 radical (unpaired) electrons. The molecule has 0 aliphatic heterocycles. The van der Waals surface area contributed by atoms with Gasteiger partial charge in [0.25, 0.3) is 0 Å². The van der Waals surface area contributed by atoms with Gasteiger partial charge in [0.2, 0.25) is 0 Å². The highest BCUT2D eigenvalue weighted by molar-refractivity contribution is 5.56. The number of imidazole rings is 1. The first-order valence-corrected chi connectivity index (χ1v) is 4.92. The van der Waals surface area contributed by atoms with Crippen molar-refractivity contribution in [2.24, 2.45) is 0 Å². The lowest BCUT2D eigenvalue weighted by atomic mass is 10.3. The first-order valence-electron chi connectivity index (χ1n) is 4.92. The third kappa shape index (κ3) is 1.68. The fourth-order valence-electron chi connectivity index (χ4n) is 1.72. The SMILES string of the molecule is CNCc1nc(C)n2ccc(OC)cc12. The molecule has 0 atom stereocenters. The molecule has 2 rings (SSSR count). The number of aromatic nitrogens is 2. The Bertz CT molecular complexity index is 476. The lowest BCUT2D eigenvalue weighted by Crippen LogP contribution is -2.05. The second kappa shape index (κ2) is 3.90. The highest BCUT2D eigenvalue weighted by Crippen LogP contribution is 2.18. The second-order valence-corrected chi connectivity index (χ2v) is 3.46. The topological polar surface area (TPSA) is 38.6 Å². The van der Waals surface area contributed by atoms with Gasteiger partial charge in [-0.2, -0.15) is 0 Å². The number of fused-ring (bicyclic) bond motifs is 1. The number of aryl methyl sites for hydroxylation is 1. The summed E-state index contributed by atoms with van der Waals surface area (Å²) in [4.78, 5) is 4.50. The molecular weight excluding hydrogens is 190 g/mol. The van der Waals surface area contributed by atoms with E-state index < -0.39 is 0 Å². The quantitative estimate of drug-likeness (QED) is 0.822. The van der Waals surface area contributed by atoms with Gasteiger partial charge in [0, 0.05) is 18.8 Å². The molecule has 4 nitrogen and oxygen atoms in total. The van der Waals surface area contributed by atoms with Crippen molar-refractivity contribution < 1.29 is 4.74 Å². The van der Waals surface area contributed by atoms with E-state index in [1.807, 2.05) is 32.3 Å². The van der Waals surface area contributed by atoms with Crippen LogP contribution >= 0.6 is 0 Å². The molecule has 1 N–H and O–H groups in total. The zero-order valence-corrected chi connectivity index (χ0v) is 9.24. The van der Waals surface area contributed by atoms with Crippen molar-refractivity contribution in [2.75, 3.05) is 14.2 Å². The van der Waals surface area contributed by atoms with E-state index >= 15 is 0 Å². The minimum atomic E-state index is 0.768. The van der Waals surface area contributed by atoms with Crippen molar-refractivity contribution in [1.29, 1.82) is 0 Å². The van der Waals surface area contributed by atoms with Crippen LogP contribution in [0.1, 0.15) is 11.5 Å². The molecule has 0 bridgehead atoms. The number of pyridine rings is 1. The molecule has 0 amide bonds. The van der Waals surface area contributed by atoms with Gasteiger partial charge in [0.05, 0.1) is 18.3 Å². The van der Waals surface area contributed by atoms with E-state index in [0.29, 0.717) is 0 Å². The van der Waals surface area contributed by atoms with E-state index in [9.17, 15) is 0 Å². The minimum absolute atomic E-state index is 0.768. The average molecular weight is 205 g/mol. The summed E-state index contributed by atoms with van der Waals surface area (Å²) in [5, 5.41) is 3.11. The molecule has 2 aromatic heterocycles. The molecule has 0 spiro atoms. The Labute approximate surface area is 88.9 Å². The van der Waals surface area contributed by atoms with Crippen LogP contribution in [-0.2, 0) is 6.54 Å². The van der Waals surface area contributed by atoms with Crippen LogP contribution in [0.15, 0.2) is 18.3 Å². The van der Waals surface area contributed by atoms with Gasteiger partial charge in [-0.25, -0.2) is 4.98 Å². The maximum atomic E-state index is 5.20. The Morgan fingerprint density at radius 3 is 3.00 bits per heavy atom. The van der Waals surface area contributed by atoms with E-state index in [2.05, 4.69) is 14.7 Å². The van der Waals surface area contributed by atoms with E-state index in [1.54, 1.807) is 7.11 Å². The number of methoxy groups -OCH3 is 1. The fourth-order valence-corrected chi connectivity index (χ4v) is 1.72. The van der Waals surface area contributed by atoms with Crippen LogP contribution in [0.5, 0.6) is 5.75 Å². The predicted molar refractivity (Wildman–Crippen MR) is 59.2 cm³/mol. The van der Waals surface area contributed by atoms with E-state index in [0.717, 1.165) is 29.3 Å². The molecule has 2 heterocycles. The molecule has 0 saturated carbocycles. The van der Waals surface area contributed by atoms with Crippen molar-refractivity contribution in [3.05, 3.63) is 29.8 Å². The Kier molecular flexibility index (Phi) is 2.60. The number of ether oxygens (including phenoxy) is 1. The van der Waals surface area contributed by atoms with Crippen LogP contribution in [0, 0.1) is 6.92 Å². The standard InChI is InChI=1S/C11H15N3O/c1-8-13-10(7-12-2)11-6-9(15-3)4-5-14(8)11/h4-6,12H,7H2,1-3H3. The first kappa shape index (κ1) is 9.98. The van der Waals surface area contributed by atoms with E-state index in [1.165, 1.54) is 0 Å². The van der Waals surface area contributed by atoms with Crippen LogP contribution in [0.2, 0.25) is 0 Å². The largest absolute Gasteiger partial charge is 0.497 e. The predicted octanol–water partition coefficient (Wildman–Crippen LogP) is 1.37. The van der Waals surface area contributed by atoms with Gasteiger partial charge < -0.3 is 14.5 Å². The average Bonchev–Trinajstić information content (AvgIpc) is 2.56. The Morgan fingerprint density at radius 2 is 2.33 bits per heavy atom. The molecular formula is C11H15N3O. The van der Waals surface area contributed by atoms with Gasteiger partial charge in [-0.1, -0.05) is 0 Å². The summed E-state index contributed by atoms with van der Waals surface area (Å²) in [5.74, 6) is 1.86. The molecule has 2 aromatic rings. The molecule has 0 saturated heterocycles. The van der Waals surface area contributed by atoms with Crippen LogP contribution in [0.4, 0.5) is 0 Å². The Morgan fingerprint density at radius 1 is 1.53 bits per heavy atom. The van der Waals surface area contributed by atoms with Crippen LogP contribution in [0.3, 0.4) is 0 Å². The zero-order valence-electron chi connectivity index (χ0n) is 9.24. The molecule has 15 heavy (non-hydrogen) atoms. The lowest BCUT2D eigenvalue weighted by molar-refractivity contribution is 0.414. The van der Waals surface area contributed by atoms with Gasteiger partial charge in [0.1, 0.15) is 11.6 Å². The molecule has 0 aromatic carbocycles. The van der Waals surface area contributed by atoms with Gasteiger partial charge in [-0.3, -0.25) is 0 Å². The smallest absolute Gasteiger partial charge is 0.122 e. The number of nitrogens with one attached hydrogen (secondary N) is 1. The van der Waals surface area contributed by atoms with Crippen LogP contribution < -0.4 is 10.1 Å². The normalized spacial score (nSPS) is 10.9. The maximum Gasteiger partial charge on any atom is 0.122 e. The Balaban J connectivity index is 2.60. The number of hydrogen-bond acceptors (Lipinski definition) is 3. The fraction of sp³-hybridized carbons (Fsp3) is 0.364. The number of nitrogens with zero attached hydrogens (tertiary/aromatic N) is 2. The number of rotatable bonds is 3. The van der Waals surface area contributed by atoms with Crippen molar-refractivity contribution in [2.45, 2.75) is 13.5 Å². The minimum Gasteiger partial charge on any atom is -0.497 e. The Hall–Kier alpha value is -1.55. The summed E-state index contributed by atoms with van der Waals surface area (Å²) in [5.41, 5.74) is 2.15. The number of hydrogen-bond donors (Lipinski definition) is 1. The third-order valence-corrected chi connectivity index (χ3v) is 2.45. The second-order valence-electron chi connectivity index (χ2n) is 3.46. The van der Waals surface area contributed by atoms with Crippen molar-refractivity contribution >= 4 is 5.52 Å². The molecule has 0 aliphatic rings.